The summed E-state index contributed by atoms with van der Waals surface area (Å²) in [5.74, 6) is -0.703. The van der Waals surface area contributed by atoms with Gasteiger partial charge in [-0.15, -0.1) is 11.3 Å². The Labute approximate surface area is 139 Å². The van der Waals surface area contributed by atoms with Gasteiger partial charge in [0.05, 0.1) is 23.0 Å². The molecule has 1 fully saturated rings. The number of nitrogens with zero attached hydrogens (tertiary/aromatic N) is 3. The van der Waals surface area contributed by atoms with E-state index in [1.54, 1.807) is 16.8 Å². The molecule has 0 aromatic carbocycles. The molecule has 1 aromatic rings. The number of hydrogen-bond acceptors (Lipinski definition) is 5. The second-order valence-corrected chi connectivity index (χ2v) is 6.71. The van der Waals surface area contributed by atoms with Crippen LogP contribution in [0.15, 0.2) is 5.38 Å². The Morgan fingerprint density at radius 3 is 2.52 bits per heavy atom. The number of amides is 3. The number of rotatable bonds is 3. The lowest BCUT2D eigenvalue weighted by atomic mass is 10.1. The first-order valence-corrected chi connectivity index (χ1v) is 8.44. The molecule has 0 radical (unpaired) electrons. The van der Waals surface area contributed by atoms with Gasteiger partial charge in [-0.25, -0.2) is 4.98 Å². The highest BCUT2D eigenvalue weighted by Gasteiger charge is 2.30. The van der Waals surface area contributed by atoms with Crippen LogP contribution >= 0.6 is 11.3 Å². The minimum atomic E-state index is -0.410. The molecule has 2 heterocycles. The van der Waals surface area contributed by atoms with Crippen molar-refractivity contribution in [3.05, 3.63) is 16.1 Å². The molecular formula is C15H22N4O3S. The van der Waals surface area contributed by atoms with Crippen LogP contribution < -0.4 is 5.32 Å². The average Bonchev–Trinajstić information content (AvgIpc) is 2.79. The van der Waals surface area contributed by atoms with Crippen LogP contribution in [0.2, 0.25) is 0 Å². The van der Waals surface area contributed by atoms with E-state index in [-0.39, 0.29) is 24.1 Å². The van der Waals surface area contributed by atoms with E-state index in [1.807, 2.05) is 12.3 Å². The summed E-state index contributed by atoms with van der Waals surface area (Å²) in [6.07, 6.45) is 0.227. The fourth-order valence-corrected chi connectivity index (χ4v) is 3.27. The second kappa shape index (κ2) is 7.54. The largest absolute Gasteiger partial charge is 0.359 e. The van der Waals surface area contributed by atoms with Crippen molar-refractivity contribution >= 4 is 29.1 Å². The van der Waals surface area contributed by atoms with E-state index >= 15 is 0 Å². The summed E-state index contributed by atoms with van der Waals surface area (Å²) in [5, 5.41) is 5.41. The summed E-state index contributed by atoms with van der Waals surface area (Å²) in [6.45, 7) is 4.94. The van der Waals surface area contributed by atoms with Gasteiger partial charge in [0.1, 0.15) is 0 Å². The molecule has 1 atom stereocenters. The molecule has 1 aliphatic rings. The van der Waals surface area contributed by atoms with Gasteiger partial charge in [-0.1, -0.05) is 0 Å². The molecule has 1 aliphatic heterocycles. The van der Waals surface area contributed by atoms with E-state index in [0.29, 0.717) is 26.2 Å². The van der Waals surface area contributed by atoms with E-state index in [4.69, 9.17) is 0 Å². The first-order chi connectivity index (χ1) is 10.9. The highest BCUT2D eigenvalue weighted by Crippen LogP contribution is 2.14. The van der Waals surface area contributed by atoms with Crippen LogP contribution in [0.5, 0.6) is 0 Å². The van der Waals surface area contributed by atoms with Crippen LogP contribution in [0, 0.1) is 12.8 Å². The van der Waals surface area contributed by atoms with E-state index in [9.17, 15) is 14.4 Å². The van der Waals surface area contributed by atoms with Gasteiger partial charge in [0.15, 0.2) is 0 Å². The molecular weight excluding hydrogens is 316 g/mol. The van der Waals surface area contributed by atoms with Gasteiger partial charge in [0, 0.05) is 45.5 Å². The zero-order valence-corrected chi connectivity index (χ0v) is 14.5. The zero-order chi connectivity index (χ0) is 17.0. The van der Waals surface area contributed by atoms with Gasteiger partial charge in [0.25, 0.3) is 0 Å². The van der Waals surface area contributed by atoms with Crippen molar-refractivity contribution in [2.24, 2.45) is 5.92 Å². The first-order valence-electron chi connectivity index (χ1n) is 7.56. The third-order valence-electron chi connectivity index (χ3n) is 3.94. The Morgan fingerprint density at radius 2 is 1.96 bits per heavy atom. The predicted molar refractivity (Wildman–Crippen MR) is 86.9 cm³/mol. The summed E-state index contributed by atoms with van der Waals surface area (Å²) in [6, 6.07) is 0. The molecule has 3 amide bonds. The minimum absolute atomic E-state index is 0.0606. The van der Waals surface area contributed by atoms with Gasteiger partial charge in [0.2, 0.25) is 17.7 Å². The number of aryl methyl sites for hydroxylation is 1. The lowest BCUT2D eigenvalue weighted by molar-refractivity contribution is -0.132. The van der Waals surface area contributed by atoms with E-state index in [2.05, 4.69) is 10.3 Å². The standard InChI is InChI=1S/C15H22N4O3S/c1-10-17-13(9-23-10)6-14(21)19-5-4-18(11(2)20)7-12(8-19)15(22)16-3/h9,12H,4-8H2,1-3H3,(H,16,22). The highest BCUT2D eigenvalue weighted by atomic mass is 32.1. The van der Waals surface area contributed by atoms with Crippen LogP contribution in [-0.2, 0) is 20.8 Å². The number of aromatic nitrogens is 1. The van der Waals surface area contributed by atoms with Crippen molar-refractivity contribution in [1.82, 2.24) is 20.1 Å². The van der Waals surface area contributed by atoms with E-state index in [1.165, 1.54) is 18.3 Å². The third kappa shape index (κ3) is 4.51. The summed E-state index contributed by atoms with van der Waals surface area (Å²) in [5.41, 5.74) is 0.752. The van der Waals surface area contributed by atoms with Crippen LogP contribution in [0.3, 0.4) is 0 Å². The summed E-state index contributed by atoms with van der Waals surface area (Å²) >= 11 is 1.51. The molecule has 0 aliphatic carbocycles. The Balaban J connectivity index is 2.09. The van der Waals surface area contributed by atoms with E-state index < -0.39 is 5.92 Å². The van der Waals surface area contributed by atoms with Crippen molar-refractivity contribution in [3.63, 3.8) is 0 Å². The van der Waals surface area contributed by atoms with Gasteiger partial charge >= 0.3 is 0 Å². The molecule has 2 rings (SSSR count). The summed E-state index contributed by atoms with van der Waals surface area (Å²) in [4.78, 5) is 43.8. The monoisotopic (exact) mass is 338 g/mol. The molecule has 1 saturated heterocycles. The van der Waals surface area contributed by atoms with Gasteiger partial charge in [-0.05, 0) is 6.92 Å². The number of thiazole rings is 1. The number of carbonyl (C=O) groups excluding carboxylic acids is 3. The highest BCUT2D eigenvalue weighted by molar-refractivity contribution is 7.09. The smallest absolute Gasteiger partial charge is 0.228 e. The zero-order valence-electron chi connectivity index (χ0n) is 13.7. The topological polar surface area (TPSA) is 82.6 Å². The molecule has 0 saturated carbocycles. The Kier molecular flexibility index (Phi) is 5.70. The summed E-state index contributed by atoms with van der Waals surface area (Å²) in [7, 11) is 1.57. The van der Waals surface area contributed by atoms with Crippen LogP contribution in [0.1, 0.15) is 17.6 Å². The number of nitrogens with one attached hydrogen (secondary N) is 1. The lowest BCUT2D eigenvalue weighted by Crippen LogP contribution is -2.42. The van der Waals surface area contributed by atoms with Crippen molar-refractivity contribution in [3.8, 4) is 0 Å². The molecule has 1 N–H and O–H groups in total. The second-order valence-electron chi connectivity index (χ2n) is 5.65. The molecule has 0 bridgehead atoms. The number of hydrogen-bond donors (Lipinski definition) is 1. The van der Waals surface area contributed by atoms with Gasteiger partial charge in [-0.3, -0.25) is 14.4 Å². The van der Waals surface area contributed by atoms with Gasteiger partial charge < -0.3 is 15.1 Å². The van der Waals surface area contributed by atoms with Crippen molar-refractivity contribution in [2.75, 3.05) is 33.2 Å². The lowest BCUT2D eigenvalue weighted by Gasteiger charge is -2.23. The molecule has 1 aromatic heterocycles. The number of carbonyl (C=O) groups is 3. The maximum atomic E-state index is 12.5. The maximum absolute atomic E-state index is 12.5. The molecule has 8 heteroatoms. The maximum Gasteiger partial charge on any atom is 0.228 e. The molecule has 7 nitrogen and oxygen atoms in total. The fraction of sp³-hybridized carbons (Fsp3) is 0.600. The molecule has 23 heavy (non-hydrogen) atoms. The molecule has 0 spiro atoms. The Hall–Kier alpha value is -1.96. The van der Waals surface area contributed by atoms with Crippen molar-refractivity contribution in [1.29, 1.82) is 0 Å². The Morgan fingerprint density at radius 1 is 1.30 bits per heavy atom. The van der Waals surface area contributed by atoms with Crippen LogP contribution in [-0.4, -0.2) is 65.7 Å². The molecule has 1 unspecified atom stereocenters. The van der Waals surface area contributed by atoms with E-state index in [0.717, 1.165) is 10.7 Å². The van der Waals surface area contributed by atoms with Crippen molar-refractivity contribution < 1.29 is 14.4 Å². The van der Waals surface area contributed by atoms with Crippen LogP contribution in [0.25, 0.3) is 0 Å². The van der Waals surface area contributed by atoms with Gasteiger partial charge in [-0.2, -0.15) is 0 Å². The SMILES string of the molecule is CNC(=O)C1CN(C(C)=O)CCN(C(=O)Cc2csc(C)n2)C1. The normalized spacial score (nSPS) is 18.5. The minimum Gasteiger partial charge on any atom is -0.359 e. The molecule has 126 valence electrons. The first kappa shape index (κ1) is 17.4. The average molecular weight is 338 g/mol. The van der Waals surface area contributed by atoms with Crippen molar-refractivity contribution in [2.45, 2.75) is 20.3 Å². The quantitative estimate of drug-likeness (QED) is 0.844. The third-order valence-corrected chi connectivity index (χ3v) is 4.76. The predicted octanol–water partition coefficient (Wildman–Crippen LogP) is 0.0469. The summed E-state index contributed by atoms with van der Waals surface area (Å²) < 4.78 is 0. The fourth-order valence-electron chi connectivity index (χ4n) is 2.65. The van der Waals surface area contributed by atoms with Crippen LogP contribution in [0.4, 0.5) is 0 Å². The Bertz CT molecular complexity index is 601.